The quantitative estimate of drug-likeness (QED) is 0.0575. The summed E-state index contributed by atoms with van der Waals surface area (Å²) in [5.41, 5.74) is 5.60. The van der Waals surface area contributed by atoms with Gasteiger partial charge in [0, 0.05) is 30.7 Å². The molecule has 0 saturated carbocycles. The van der Waals surface area contributed by atoms with E-state index in [9.17, 15) is 24.5 Å². The molecular formula is C20H30Cl2N2Na2O11. The van der Waals surface area contributed by atoms with Gasteiger partial charge in [0.25, 0.3) is 5.69 Å². The van der Waals surface area contributed by atoms with Crippen LogP contribution in [0.25, 0.3) is 0 Å². The van der Waals surface area contributed by atoms with E-state index in [1.54, 1.807) is 19.1 Å². The molecular weight excluding hydrogens is 561 g/mol. The van der Waals surface area contributed by atoms with Gasteiger partial charge in [0.15, 0.2) is 0 Å². The van der Waals surface area contributed by atoms with E-state index in [4.69, 9.17) is 32.3 Å². The number of nitro benzene ring substituents is 1. The first-order valence-electron chi connectivity index (χ1n) is 9.72. The molecule has 2 N–H and O–H groups in total. The average molecular weight is 591 g/mol. The molecule has 0 aliphatic carbocycles. The number of ether oxygens (including phenoxy) is 3. The molecule has 0 aliphatic heterocycles. The molecule has 0 fully saturated rings. The summed E-state index contributed by atoms with van der Waals surface area (Å²) >= 11 is 4.85. The van der Waals surface area contributed by atoms with Crippen molar-refractivity contribution >= 4 is 53.2 Å². The summed E-state index contributed by atoms with van der Waals surface area (Å²) in [6, 6.07) is 5.15. The van der Waals surface area contributed by atoms with Gasteiger partial charge in [0.1, 0.15) is 6.04 Å². The first-order chi connectivity index (χ1) is 15.8. The number of benzene rings is 1. The monoisotopic (exact) mass is 590 g/mol. The Hall–Kier alpha value is -1.16. The zero-order chi connectivity index (χ0) is 27.1. The SMILES string of the molecule is CCCCOC(=O)Cl.CCOC(C)=O.COC(=O)[C@@H](N)Cc1ccc([N+](=O)[O-])cc1.Cl.O=C([O-])[O-].[Na+].[Na+]. The van der Waals surface area contributed by atoms with Gasteiger partial charge in [0.2, 0.25) is 0 Å². The summed E-state index contributed by atoms with van der Waals surface area (Å²) in [6.07, 6.45) is -0.132. The Kier molecular flexibility index (Phi) is 43.4. The number of nitrogens with zero attached hydrogens (tertiary/aromatic N) is 1. The standard InChI is InChI=1S/C10H12N2O4.C5H9ClO2.C4H8O2.CH2O3.ClH.2Na/c1-16-10(13)9(11)6-7-2-4-8(5-3-7)12(14)15;1-2-3-4-8-5(6)7;1-3-6-4(2)5;2-1(3)4;;;/h2-5,9H,6,11H2,1H3;2-4H2,1H3;3H2,1-2H3;(H2,2,3,4);1H;;/q;;;;;2*+1/p-2/t9-;;;;;;/m0....../s1. The maximum atomic E-state index is 11.0. The van der Waals surface area contributed by atoms with Crippen LogP contribution in [-0.2, 0) is 30.2 Å². The molecule has 1 aromatic rings. The van der Waals surface area contributed by atoms with E-state index in [0.717, 1.165) is 18.4 Å². The van der Waals surface area contributed by atoms with Crippen LogP contribution in [-0.4, -0.2) is 54.8 Å². The van der Waals surface area contributed by atoms with Crippen molar-refractivity contribution < 1.29 is 108 Å². The first kappa shape index (κ1) is 48.9. The summed E-state index contributed by atoms with van der Waals surface area (Å²) in [7, 11) is 1.26. The molecule has 0 amide bonds. The van der Waals surface area contributed by atoms with E-state index < -0.39 is 28.5 Å². The number of nitrogens with two attached hydrogens (primary N) is 1. The Morgan fingerprint density at radius 1 is 1.05 bits per heavy atom. The minimum Gasteiger partial charge on any atom is -0.652 e. The summed E-state index contributed by atoms with van der Waals surface area (Å²) in [4.78, 5) is 49.0. The van der Waals surface area contributed by atoms with Crippen LogP contribution in [0.2, 0.25) is 0 Å². The van der Waals surface area contributed by atoms with Crippen LogP contribution in [0.15, 0.2) is 24.3 Å². The summed E-state index contributed by atoms with van der Waals surface area (Å²) in [5.74, 6) is -0.712. The fraction of sp³-hybridized carbons (Fsp3) is 0.500. The first-order valence-corrected chi connectivity index (χ1v) is 10.1. The van der Waals surface area contributed by atoms with Crippen molar-refractivity contribution in [2.75, 3.05) is 20.3 Å². The zero-order valence-electron chi connectivity index (χ0n) is 21.7. The van der Waals surface area contributed by atoms with Crippen molar-refractivity contribution in [1.29, 1.82) is 0 Å². The van der Waals surface area contributed by atoms with Crippen molar-refractivity contribution in [2.24, 2.45) is 5.73 Å². The molecule has 13 nitrogen and oxygen atoms in total. The minimum absolute atomic E-state index is 0. The van der Waals surface area contributed by atoms with Crippen molar-refractivity contribution in [2.45, 2.75) is 46.1 Å². The Morgan fingerprint density at radius 2 is 1.51 bits per heavy atom. The molecule has 0 aliphatic rings. The molecule has 202 valence electrons. The van der Waals surface area contributed by atoms with Crippen LogP contribution in [0.4, 0.5) is 15.3 Å². The van der Waals surface area contributed by atoms with Crippen LogP contribution in [0.1, 0.15) is 39.2 Å². The number of carboxylic acid groups (broad SMARTS) is 2. The number of carbonyl (C=O) groups is 4. The Bertz CT molecular complexity index is 754. The number of halogens is 2. The molecule has 0 spiro atoms. The van der Waals surface area contributed by atoms with E-state index in [-0.39, 0.29) is 83.2 Å². The third kappa shape index (κ3) is 39.5. The van der Waals surface area contributed by atoms with Crippen molar-refractivity contribution in [3.63, 3.8) is 0 Å². The number of carbonyl (C=O) groups excluding carboxylic acids is 4. The van der Waals surface area contributed by atoms with Crippen molar-refractivity contribution in [1.82, 2.24) is 0 Å². The minimum atomic E-state index is -2.33. The molecule has 1 atom stereocenters. The second kappa shape index (κ2) is 32.9. The maximum absolute atomic E-state index is 11.0. The second-order valence-electron chi connectivity index (χ2n) is 5.87. The molecule has 17 heteroatoms. The van der Waals surface area contributed by atoms with Gasteiger partial charge in [-0.05, 0) is 31.5 Å². The Balaban J connectivity index is -0.0000000973. The van der Waals surface area contributed by atoms with E-state index in [1.165, 1.54) is 26.2 Å². The molecule has 0 bridgehead atoms. The van der Waals surface area contributed by atoms with Crippen LogP contribution in [0.3, 0.4) is 0 Å². The molecule has 1 rings (SSSR count). The summed E-state index contributed by atoms with van der Waals surface area (Å²) in [5, 5.41) is 27.1. The molecule has 1 aromatic carbocycles. The third-order valence-corrected chi connectivity index (χ3v) is 3.28. The van der Waals surface area contributed by atoms with Gasteiger partial charge in [-0.15, -0.1) is 12.4 Å². The molecule has 0 saturated heterocycles. The van der Waals surface area contributed by atoms with Gasteiger partial charge in [-0.2, -0.15) is 0 Å². The van der Waals surface area contributed by atoms with Gasteiger partial charge in [-0.1, -0.05) is 25.5 Å². The molecule has 0 unspecified atom stereocenters. The largest absolute Gasteiger partial charge is 1.00 e. The van der Waals surface area contributed by atoms with E-state index in [0.29, 0.717) is 19.6 Å². The number of nitro groups is 1. The number of hydrogen-bond acceptors (Lipinski definition) is 12. The van der Waals surface area contributed by atoms with E-state index in [2.05, 4.69) is 14.2 Å². The van der Waals surface area contributed by atoms with Gasteiger partial charge in [0.05, 0.1) is 25.2 Å². The van der Waals surface area contributed by atoms with Crippen LogP contribution in [0.5, 0.6) is 0 Å². The molecule has 0 radical (unpaired) electrons. The second-order valence-corrected chi connectivity index (χ2v) is 6.18. The Labute approximate surface area is 270 Å². The van der Waals surface area contributed by atoms with Gasteiger partial charge in [-0.25, -0.2) is 4.79 Å². The topological polar surface area (TPSA) is 211 Å². The third-order valence-electron chi connectivity index (χ3n) is 3.17. The number of hydrogen-bond donors (Lipinski definition) is 1. The maximum Gasteiger partial charge on any atom is 1.00 e. The van der Waals surface area contributed by atoms with E-state index in [1.807, 2.05) is 6.92 Å². The zero-order valence-corrected chi connectivity index (χ0v) is 27.3. The fourth-order valence-corrected chi connectivity index (χ4v) is 1.82. The number of rotatable bonds is 8. The smallest absolute Gasteiger partial charge is 0.652 e. The molecule has 0 aromatic heterocycles. The average Bonchev–Trinajstić information content (AvgIpc) is 2.74. The number of methoxy groups -OCH3 is 1. The molecule has 0 heterocycles. The van der Waals surface area contributed by atoms with Crippen LogP contribution < -0.4 is 75.1 Å². The summed E-state index contributed by atoms with van der Waals surface area (Å²) in [6.45, 7) is 6.11. The fourth-order valence-electron chi connectivity index (χ4n) is 1.74. The normalized spacial score (nSPS) is 8.92. The van der Waals surface area contributed by atoms with Crippen LogP contribution in [0, 0.1) is 10.1 Å². The number of unbranched alkanes of at least 4 members (excludes halogenated alkanes) is 1. The van der Waals surface area contributed by atoms with E-state index >= 15 is 0 Å². The van der Waals surface area contributed by atoms with Crippen LogP contribution >= 0.6 is 24.0 Å². The predicted octanol–water partition coefficient (Wildman–Crippen LogP) is -4.65. The van der Waals surface area contributed by atoms with Crippen molar-refractivity contribution in [3.8, 4) is 0 Å². The Morgan fingerprint density at radius 3 is 1.78 bits per heavy atom. The number of esters is 2. The van der Waals surface area contributed by atoms with Crippen molar-refractivity contribution in [3.05, 3.63) is 39.9 Å². The van der Waals surface area contributed by atoms with Gasteiger partial charge >= 0.3 is 76.5 Å². The summed E-state index contributed by atoms with van der Waals surface area (Å²) < 4.78 is 13.3. The molecule has 37 heavy (non-hydrogen) atoms. The number of non-ortho nitro benzene ring substituents is 1. The van der Waals surface area contributed by atoms with Gasteiger partial charge in [-0.3, -0.25) is 19.7 Å². The predicted molar refractivity (Wildman–Crippen MR) is 124 cm³/mol. The van der Waals surface area contributed by atoms with Gasteiger partial charge < -0.3 is 35.0 Å².